The Morgan fingerprint density at radius 1 is 1.10 bits per heavy atom. The Balaban J connectivity index is 1.69. The smallest absolute Gasteiger partial charge is 0.277 e. The molecule has 156 valence electrons. The monoisotopic (exact) mass is 453 g/mol. The van der Waals surface area contributed by atoms with Crippen LogP contribution in [0.4, 0.5) is 18.9 Å². The molecule has 1 fully saturated rings. The summed E-state index contributed by atoms with van der Waals surface area (Å²) in [4.78, 5) is -0.209. The van der Waals surface area contributed by atoms with Crippen LogP contribution in [0.25, 0.3) is 11.3 Å². The molecule has 1 unspecified atom stereocenters. The van der Waals surface area contributed by atoms with Gasteiger partial charge in [-0.05, 0) is 61.2 Å². The van der Waals surface area contributed by atoms with Crippen molar-refractivity contribution in [2.24, 2.45) is 5.92 Å². The van der Waals surface area contributed by atoms with Gasteiger partial charge in [0.15, 0.2) is 0 Å². The number of benzene rings is 2. The third-order valence-electron chi connectivity index (χ3n) is 5.51. The lowest BCUT2D eigenvalue weighted by Crippen LogP contribution is -2.38. The molecule has 2 heterocycles. The highest BCUT2D eigenvalue weighted by Gasteiger charge is 2.47. The fourth-order valence-corrected chi connectivity index (χ4v) is 5.84. The Kier molecular flexibility index (Phi) is 4.20. The lowest BCUT2D eigenvalue weighted by atomic mass is 9.93. The van der Waals surface area contributed by atoms with Gasteiger partial charge in [-0.1, -0.05) is 11.6 Å². The predicted octanol–water partition coefficient (Wildman–Crippen LogP) is 5.41. The minimum atomic E-state index is -4.55. The second-order valence-electron chi connectivity index (χ2n) is 7.47. The van der Waals surface area contributed by atoms with Crippen molar-refractivity contribution in [3.8, 4) is 11.3 Å². The first-order chi connectivity index (χ1) is 14.2. The number of fused-ring (bicyclic) bond motifs is 3. The highest BCUT2D eigenvalue weighted by atomic mass is 35.5. The zero-order chi connectivity index (χ0) is 21.3. The van der Waals surface area contributed by atoms with Crippen molar-refractivity contribution in [3.05, 3.63) is 64.8 Å². The number of aromatic nitrogens is 2. The first-order valence-electron chi connectivity index (χ1n) is 9.23. The topological polar surface area (TPSA) is 66.1 Å². The molecule has 5 nitrogen and oxygen atoms in total. The van der Waals surface area contributed by atoms with E-state index in [0.717, 1.165) is 48.4 Å². The average Bonchev–Trinajstić information content (AvgIpc) is 3.41. The van der Waals surface area contributed by atoms with Crippen molar-refractivity contribution in [3.63, 3.8) is 0 Å². The molecule has 1 atom stereocenters. The Morgan fingerprint density at radius 3 is 2.43 bits per heavy atom. The minimum absolute atomic E-state index is 0.0951. The third kappa shape index (κ3) is 2.99. The van der Waals surface area contributed by atoms with E-state index in [-0.39, 0.29) is 10.8 Å². The molecule has 0 radical (unpaired) electrons. The molecule has 1 aliphatic heterocycles. The van der Waals surface area contributed by atoms with Crippen molar-refractivity contribution in [2.45, 2.75) is 30.0 Å². The number of aromatic amines is 1. The molecular weight excluding hydrogens is 439 g/mol. The molecule has 0 bridgehead atoms. The van der Waals surface area contributed by atoms with Crippen LogP contribution >= 0.6 is 11.6 Å². The van der Waals surface area contributed by atoms with Gasteiger partial charge in [0.2, 0.25) is 0 Å². The molecule has 3 aromatic rings. The van der Waals surface area contributed by atoms with Crippen molar-refractivity contribution in [2.75, 3.05) is 4.31 Å². The van der Waals surface area contributed by atoms with Crippen LogP contribution in [0.5, 0.6) is 0 Å². The van der Waals surface area contributed by atoms with Crippen LogP contribution in [0.2, 0.25) is 5.02 Å². The summed E-state index contributed by atoms with van der Waals surface area (Å²) in [5, 5.41) is 7.41. The minimum Gasteiger partial charge on any atom is -0.277 e. The number of sulfonamides is 1. The van der Waals surface area contributed by atoms with Crippen LogP contribution in [-0.2, 0) is 16.2 Å². The number of nitrogens with zero attached hydrogens (tertiary/aromatic N) is 2. The van der Waals surface area contributed by atoms with Crippen LogP contribution in [0, 0.1) is 5.92 Å². The van der Waals surface area contributed by atoms with Gasteiger partial charge in [-0.15, -0.1) is 0 Å². The first kappa shape index (κ1) is 19.4. The van der Waals surface area contributed by atoms with Gasteiger partial charge in [-0.3, -0.25) is 9.40 Å². The summed E-state index contributed by atoms with van der Waals surface area (Å²) in [5.41, 5.74) is 1.59. The van der Waals surface area contributed by atoms with E-state index in [0.29, 0.717) is 16.3 Å². The van der Waals surface area contributed by atoms with Gasteiger partial charge in [0.25, 0.3) is 10.0 Å². The van der Waals surface area contributed by atoms with E-state index in [1.54, 1.807) is 24.4 Å². The largest absolute Gasteiger partial charge is 0.416 e. The molecule has 2 aliphatic rings. The highest BCUT2D eigenvalue weighted by Crippen LogP contribution is 2.55. The standard InChI is InChI=1S/C20H15ClF3N3O2S/c21-13-5-8-15-17(9-13)27(19(11-1-2-11)16-10-25-26-18(15)16)30(28,29)14-6-3-12(4-7-14)20(22,23)24/h3-11,19H,1-2H2,(H,25,26). The van der Waals surface area contributed by atoms with Gasteiger partial charge < -0.3 is 0 Å². The summed E-state index contributed by atoms with van der Waals surface area (Å²) in [6.45, 7) is 0. The van der Waals surface area contributed by atoms with E-state index in [4.69, 9.17) is 11.6 Å². The van der Waals surface area contributed by atoms with Crippen molar-refractivity contribution in [1.82, 2.24) is 10.2 Å². The molecule has 1 saturated carbocycles. The summed E-state index contributed by atoms with van der Waals surface area (Å²) in [7, 11) is -4.16. The molecule has 0 spiro atoms. The second kappa shape index (κ2) is 6.49. The molecule has 0 saturated heterocycles. The maximum absolute atomic E-state index is 13.7. The maximum Gasteiger partial charge on any atom is 0.416 e. The fourth-order valence-electron chi connectivity index (χ4n) is 3.98. The van der Waals surface area contributed by atoms with Gasteiger partial charge in [0.05, 0.1) is 34.1 Å². The normalized spacial score (nSPS) is 18.8. The Bertz CT molecular complexity index is 1230. The zero-order valence-electron chi connectivity index (χ0n) is 15.3. The summed E-state index contributed by atoms with van der Waals surface area (Å²) >= 11 is 6.18. The number of halogens is 4. The Labute approximate surface area is 175 Å². The molecule has 5 rings (SSSR count). The van der Waals surface area contributed by atoms with E-state index in [1.165, 1.54) is 4.31 Å². The number of H-pyrrole nitrogens is 1. The quantitative estimate of drug-likeness (QED) is 0.576. The van der Waals surface area contributed by atoms with Crippen molar-refractivity contribution in [1.29, 1.82) is 0 Å². The maximum atomic E-state index is 13.7. The Hall–Kier alpha value is -2.52. The molecule has 0 amide bonds. The lowest BCUT2D eigenvalue weighted by Gasteiger charge is -2.37. The summed E-state index contributed by atoms with van der Waals surface area (Å²) in [5.74, 6) is 0.0951. The number of hydrogen-bond acceptors (Lipinski definition) is 3. The molecule has 2 aromatic carbocycles. The number of alkyl halides is 3. The first-order valence-corrected chi connectivity index (χ1v) is 11.0. The van der Waals surface area contributed by atoms with Crippen LogP contribution in [0.15, 0.2) is 53.6 Å². The molecule has 1 aliphatic carbocycles. The van der Waals surface area contributed by atoms with Gasteiger partial charge >= 0.3 is 6.18 Å². The zero-order valence-corrected chi connectivity index (χ0v) is 16.9. The second-order valence-corrected chi connectivity index (χ2v) is 9.72. The molecule has 10 heteroatoms. The summed E-state index contributed by atoms with van der Waals surface area (Å²) in [6.07, 6.45) is -1.23. The molecule has 1 aromatic heterocycles. The molecule has 1 N–H and O–H groups in total. The molecular formula is C20H15ClF3N3O2S. The number of rotatable bonds is 3. The van der Waals surface area contributed by atoms with Crippen LogP contribution in [-0.4, -0.2) is 18.6 Å². The number of anilines is 1. The van der Waals surface area contributed by atoms with E-state index >= 15 is 0 Å². The van der Waals surface area contributed by atoms with Gasteiger partial charge in [-0.2, -0.15) is 18.3 Å². The van der Waals surface area contributed by atoms with Gasteiger partial charge in [-0.25, -0.2) is 8.42 Å². The van der Waals surface area contributed by atoms with E-state index in [9.17, 15) is 21.6 Å². The Morgan fingerprint density at radius 2 is 1.80 bits per heavy atom. The lowest BCUT2D eigenvalue weighted by molar-refractivity contribution is -0.137. The van der Waals surface area contributed by atoms with Crippen LogP contribution in [0.1, 0.15) is 30.0 Å². The van der Waals surface area contributed by atoms with Crippen LogP contribution in [0.3, 0.4) is 0 Å². The fraction of sp³-hybridized carbons (Fsp3) is 0.250. The number of hydrogen-bond donors (Lipinski definition) is 1. The van der Waals surface area contributed by atoms with E-state index < -0.39 is 27.8 Å². The van der Waals surface area contributed by atoms with E-state index in [1.807, 2.05) is 0 Å². The van der Waals surface area contributed by atoms with Gasteiger partial charge in [0.1, 0.15) is 0 Å². The van der Waals surface area contributed by atoms with E-state index in [2.05, 4.69) is 10.2 Å². The molecule has 30 heavy (non-hydrogen) atoms. The highest BCUT2D eigenvalue weighted by molar-refractivity contribution is 7.92. The predicted molar refractivity (Wildman–Crippen MR) is 106 cm³/mol. The van der Waals surface area contributed by atoms with Crippen LogP contribution < -0.4 is 4.31 Å². The summed E-state index contributed by atoms with van der Waals surface area (Å²) in [6, 6.07) is 8.00. The van der Waals surface area contributed by atoms with Crippen molar-refractivity contribution < 1.29 is 21.6 Å². The van der Waals surface area contributed by atoms with Crippen molar-refractivity contribution >= 4 is 27.3 Å². The average molecular weight is 454 g/mol. The number of nitrogens with one attached hydrogen (secondary N) is 1. The summed E-state index contributed by atoms with van der Waals surface area (Å²) < 4.78 is 67.4. The third-order valence-corrected chi connectivity index (χ3v) is 7.56. The van der Waals surface area contributed by atoms with Gasteiger partial charge in [0, 0.05) is 16.1 Å². The SMILES string of the molecule is O=S(=O)(c1ccc(C(F)(F)F)cc1)N1c2cc(Cl)ccc2-c2[nH]ncc2C1C1CC1.